The molecule has 2 N–H and O–H groups in total. The molecular weight excluding hydrogens is 240 g/mol. The van der Waals surface area contributed by atoms with Gasteiger partial charge in [-0.25, -0.2) is 0 Å². The molecule has 0 saturated heterocycles. The van der Waals surface area contributed by atoms with Gasteiger partial charge in [-0.05, 0) is 24.1 Å². The van der Waals surface area contributed by atoms with Crippen molar-refractivity contribution in [3.05, 3.63) is 22.7 Å². The van der Waals surface area contributed by atoms with Crippen molar-refractivity contribution >= 4 is 34.8 Å². The van der Waals surface area contributed by atoms with Crippen LogP contribution in [-0.4, -0.2) is 11.8 Å². The predicted octanol–water partition coefficient (Wildman–Crippen LogP) is 2.57. The standard InChI is InChI=1S/C12H13ClN2O2/c1-2-3-11(16)15-10-4-7-5-12(17)14-9(7)6-8(10)13/h4,6H,2-3,5H2,1H3,(H,14,17)(H,15,16). The van der Waals surface area contributed by atoms with Gasteiger partial charge < -0.3 is 10.6 Å². The highest BCUT2D eigenvalue weighted by Crippen LogP contribution is 2.32. The fraction of sp³-hybridized carbons (Fsp3) is 0.333. The van der Waals surface area contributed by atoms with E-state index in [2.05, 4.69) is 10.6 Å². The molecule has 0 atom stereocenters. The molecular formula is C12H13ClN2O2. The Morgan fingerprint density at radius 3 is 3.00 bits per heavy atom. The maximum atomic E-state index is 11.5. The summed E-state index contributed by atoms with van der Waals surface area (Å²) in [6.07, 6.45) is 1.59. The van der Waals surface area contributed by atoms with E-state index >= 15 is 0 Å². The Kier molecular flexibility index (Phi) is 3.33. The monoisotopic (exact) mass is 252 g/mol. The number of carbonyl (C=O) groups is 2. The van der Waals surface area contributed by atoms with Crippen molar-refractivity contribution in [2.24, 2.45) is 0 Å². The van der Waals surface area contributed by atoms with Crippen LogP contribution in [0.5, 0.6) is 0 Å². The molecule has 0 bridgehead atoms. The van der Waals surface area contributed by atoms with Gasteiger partial charge in [-0.15, -0.1) is 0 Å². The van der Waals surface area contributed by atoms with E-state index in [1.807, 2.05) is 6.92 Å². The first-order chi connectivity index (χ1) is 8.10. The van der Waals surface area contributed by atoms with E-state index < -0.39 is 0 Å². The lowest BCUT2D eigenvalue weighted by atomic mass is 10.1. The van der Waals surface area contributed by atoms with E-state index in [9.17, 15) is 9.59 Å². The molecule has 0 aromatic heterocycles. The number of fused-ring (bicyclic) bond motifs is 1. The predicted molar refractivity (Wildman–Crippen MR) is 67.3 cm³/mol. The van der Waals surface area contributed by atoms with Crippen molar-refractivity contribution in [1.82, 2.24) is 0 Å². The minimum absolute atomic E-state index is 0.0481. The summed E-state index contributed by atoms with van der Waals surface area (Å²) in [4.78, 5) is 22.7. The number of hydrogen-bond donors (Lipinski definition) is 2. The third-order valence-corrected chi connectivity index (χ3v) is 2.88. The molecule has 1 aliphatic heterocycles. The van der Waals surface area contributed by atoms with Crippen molar-refractivity contribution in [2.45, 2.75) is 26.2 Å². The molecule has 0 fully saturated rings. The van der Waals surface area contributed by atoms with Crippen LogP contribution in [0.2, 0.25) is 5.02 Å². The second-order valence-corrected chi connectivity index (χ2v) is 4.42. The van der Waals surface area contributed by atoms with Crippen LogP contribution in [0.25, 0.3) is 0 Å². The van der Waals surface area contributed by atoms with Crippen molar-refractivity contribution in [3.63, 3.8) is 0 Å². The third-order valence-electron chi connectivity index (χ3n) is 2.57. The van der Waals surface area contributed by atoms with E-state index in [-0.39, 0.29) is 11.8 Å². The van der Waals surface area contributed by atoms with Gasteiger partial charge in [-0.3, -0.25) is 9.59 Å². The zero-order valence-electron chi connectivity index (χ0n) is 9.47. The van der Waals surface area contributed by atoms with E-state index in [1.54, 1.807) is 12.1 Å². The summed E-state index contributed by atoms with van der Waals surface area (Å²) in [5.41, 5.74) is 2.17. The number of halogens is 1. The number of anilines is 2. The minimum atomic E-state index is -0.0633. The molecule has 0 unspecified atom stereocenters. The second kappa shape index (κ2) is 4.75. The minimum Gasteiger partial charge on any atom is -0.325 e. The van der Waals surface area contributed by atoms with Gasteiger partial charge >= 0.3 is 0 Å². The average Bonchev–Trinajstić information content (AvgIpc) is 2.58. The number of carbonyl (C=O) groups excluding carboxylic acids is 2. The molecule has 5 heteroatoms. The lowest BCUT2D eigenvalue weighted by Gasteiger charge is -2.08. The fourth-order valence-electron chi connectivity index (χ4n) is 1.78. The summed E-state index contributed by atoms with van der Waals surface area (Å²) >= 11 is 6.03. The molecule has 0 saturated carbocycles. The molecule has 0 radical (unpaired) electrons. The van der Waals surface area contributed by atoms with E-state index in [0.29, 0.717) is 23.6 Å². The van der Waals surface area contributed by atoms with Gasteiger partial charge in [0.05, 0.1) is 17.1 Å². The lowest BCUT2D eigenvalue weighted by Crippen LogP contribution is -2.11. The van der Waals surface area contributed by atoms with Crippen LogP contribution in [0.15, 0.2) is 12.1 Å². The van der Waals surface area contributed by atoms with Crippen molar-refractivity contribution in [1.29, 1.82) is 0 Å². The first kappa shape index (κ1) is 11.9. The molecule has 4 nitrogen and oxygen atoms in total. The summed E-state index contributed by atoms with van der Waals surface area (Å²) in [5.74, 6) is -0.111. The Morgan fingerprint density at radius 1 is 1.53 bits per heavy atom. The molecule has 2 amide bonds. The van der Waals surface area contributed by atoms with Gasteiger partial charge in [0.1, 0.15) is 0 Å². The Balaban J connectivity index is 2.22. The average molecular weight is 253 g/mol. The second-order valence-electron chi connectivity index (χ2n) is 4.01. The molecule has 1 aliphatic rings. The first-order valence-corrected chi connectivity index (χ1v) is 5.90. The lowest BCUT2D eigenvalue weighted by molar-refractivity contribution is -0.116. The van der Waals surface area contributed by atoms with Crippen LogP contribution in [0.3, 0.4) is 0 Å². The third kappa shape index (κ3) is 2.58. The van der Waals surface area contributed by atoms with Crippen LogP contribution in [0.1, 0.15) is 25.3 Å². The number of nitrogens with one attached hydrogen (secondary N) is 2. The van der Waals surface area contributed by atoms with Crippen LogP contribution >= 0.6 is 11.6 Å². The van der Waals surface area contributed by atoms with Crippen molar-refractivity contribution < 1.29 is 9.59 Å². The van der Waals surface area contributed by atoms with Gasteiger partial charge in [-0.2, -0.15) is 0 Å². The quantitative estimate of drug-likeness (QED) is 0.869. The smallest absolute Gasteiger partial charge is 0.228 e. The van der Waals surface area contributed by atoms with E-state index in [1.165, 1.54) is 0 Å². The Bertz CT molecular complexity index is 486. The van der Waals surface area contributed by atoms with E-state index in [0.717, 1.165) is 17.7 Å². The maximum Gasteiger partial charge on any atom is 0.228 e. The van der Waals surface area contributed by atoms with Crippen LogP contribution in [0.4, 0.5) is 11.4 Å². The molecule has 2 rings (SSSR count). The van der Waals surface area contributed by atoms with Gasteiger partial charge in [0.15, 0.2) is 0 Å². The highest BCUT2D eigenvalue weighted by molar-refractivity contribution is 6.34. The highest BCUT2D eigenvalue weighted by atomic mass is 35.5. The largest absolute Gasteiger partial charge is 0.325 e. The number of rotatable bonds is 3. The summed E-state index contributed by atoms with van der Waals surface area (Å²) in [6.45, 7) is 1.94. The molecule has 1 aromatic carbocycles. The molecule has 1 aromatic rings. The highest BCUT2D eigenvalue weighted by Gasteiger charge is 2.19. The molecule has 17 heavy (non-hydrogen) atoms. The molecule has 90 valence electrons. The fourth-order valence-corrected chi connectivity index (χ4v) is 1.99. The van der Waals surface area contributed by atoms with Crippen LogP contribution < -0.4 is 10.6 Å². The maximum absolute atomic E-state index is 11.5. The van der Waals surface area contributed by atoms with Gasteiger partial charge in [0, 0.05) is 12.1 Å². The Labute approximate surface area is 104 Å². The number of benzene rings is 1. The summed E-state index contributed by atoms with van der Waals surface area (Å²) in [7, 11) is 0. The summed E-state index contributed by atoms with van der Waals surface area (Å²) in [6, 6.07) is 3.42. The van der Waals surface area contributed by atoms with Gasteiger partial charge in [0.25, 0.3) is 0 Å². The van der Waals surface area contributed by atoms with Crippen LogP contribution in [0, 0.1) is 0 Å². The number of hydrogen-bond acceptors (Lipinski definition) is 2. The first-order valence-electron chi connectivity index (χ1n) is 5.52. The van der Waals surface area contributed by atoms with Crippen molar-refractivity contribution in [2.75, 3.05) is 10.6 Å². The SMILES string of the molecule is CCCC(=O)Nc1cc2c(cc1Cl)NC(=O)C2. The normalized spacial score (nSPS) is 13.2. The topological polar surface area (TPSA) is 58.2 Å². The van der Waals surface area contributed by atoms with Crippen LogP contribution in [-0.2, 0) is 16.0 Å². The molecule has 0 spiro atoms. The van der Waals surface area contributed by atoms with Crippen molar-refractivity contribution in [3.8, 4) is 0 Å². The number of amides is 2. The Hall–Kier alpha value is -1.55. The summed E-state index contributed by atoms with van der Waals surface area (Å²) in [5, 5.41) is 5.89. The van der Waals surface area contributed by atoms with Gasteiger partial charge in [0.2, 0.25) is 11.8 Å². The Morgan fingerprint density at radius 2 is 2.29 bits per heavy atom. The molecule has 1 heterocycles. The zero-order valence-corrected chi connectivity index (χ0v) is 10.2. The van der Waals surface area contributed by atoms with Gasteiger partial charge in [-0.1, -0.05) is 18.5 Å². The van der Waals surface area contributed by atoms with E-state index in [4.69, 9.17) is 11.6 Å². The summed E-state index contributed by atoms with van der Waals surface area (Å²) < 4.78 is 0. The zero-order chi connectivity index (χ0) is 12.4. The molecule has 0 aliphatic carbocycles.